The molecule has 146 valence electrons. The summed E-state index contributed by atoms with van der Waals surface area (Å²) >= 11 is 0. The zero-order valence-electron chi connectivity index (χ0n) is 16.4. The molecule has 2 heterocycles. The highest BCUT2D eigenvalue weighted by Crippen LogP contribution is 2.29. The van der Waals surface area contributed by atoms with Crippen LogP contribution in [0.15, 0.2) is 10.6 Å². The van der Waals surface area contributed by atoms with Crippen molar-refractivity contribution >= 4 is 11.8 Å². The van der Waals surface area contributed by atoms with Crippen LogP contribution in [0.1, 0.15) is 70.1 Å². The first kappa shape index (κ1) is 19.1. The fourth-order valence-corrected chi connectivity index (χ4v) is 3.85. The van der Waals surface area contributed by atoms with Crippen LogP contribution in [0.5, 0.6) is 0 Å². The molecule has 0 radical (unpaired) electrons. The van der Waals surface area contributed by atoms with Crippen molar-refractivity contribution in [3.63, 3.8) is 0 Å². The van der Waals surface area contributed by atoms with Crippen molar-refractivity contribution in [2.75, 3.05) is 6.54 Å². The number of hydrogen-bond donors (Lipinski definition) is 2. The number of carbonyl (C=O) groups excluding carboxylic acids is 2. The number of hydrogen-bond acceptors (Lipinski definition) is 5. The average Bonchev–Trinajstić information content (AvgIpc) is 3.14. The highest BCUT2D eigenvalue weighted by molar-refractivity contribution is 5.97. The van der Waals surface area contributed by atoms with Crippen LogP contribution in [0.3, 0.4) is 0 Å². The Labute approximate surface area is 158 Å². The molecule has 0 aromatic carbocycles. The second-order valence-electron chi connectivity index (χ2n) is 7.47. The normalized spacial score (nSPS) is 16.1. The maximum absolute atomic E-state index is 12.9. The van der Waals surface area contributed by atoms with Crippen LogP contribution in [0.2, 0.25) is 0 Å². The molecular weight excluding hydrogens is 346 g/mol. The van der Waals surface area contributed by atoms with Gasteiger partial charge in [0.25, 0.3) is 11.8 Å². The summed E-state index contributed by atoms with van der Waals surface area (Å²) in [5.74, 6) is 0.124. The maximum Gasteiger partial charge on any atom is 0.269 e. The van der Waals surface area contributed by atoms with Gasteiger partial charge in [0.15, 0.2) is 0 Å². The largest absolute Gasteiger partial charge is 0.361 e. The van der Waals surface area contributed by atoms with Gasteiger partial charge < -0.3 is 15.2 Å². The van der Waals surface area contributed by atoms with Crippen LogP contribution in [-0.4, -0.2) is 38.8 Å². The first-order valence-corrected chi connectivity index (χ1v) is 9.35. The van der Waals surface area contributed by atoms with Gasteiger partial charge in [-0.05, 0) is 39.7 Å². The lowest BCUT2D eigenvalue weighted by Crippen LogP contribution is -2.56. The Morgan fingerprint density at radius 2 is 1.89 bits per heavy atom. The molecule has 1 aliphatic rings. The number of amides is 2. The van der Waals surface area contributed by atoms with Crippen LogP contribution in [0.25, 0.3) is 0 Å². The van der Waals surface area contributed by atoms with E-state index >= 15 is 0 Å². The van der Waals surface area contributed by atoms with Gasteiger partial charge in [-0.3, -0.25) is 14.3 Å². The van der Waals surface area contributed by atoms with Crippen molar-refractivity contribution < 1.29 is 14.1 Å². The number of aromatic nitrogens is 3. The summed E-state index contributed by atoms with van der Waals surface area (Å²) in [6.45, 7) is 5.72. The van der Waals surface area contributed by atoms with E-state index in [9.17, 15) is 9.59 Å². The zero-order chi connectivity index (χ0) is 19.6. The minimum atomic E-state index is -0.464. The molecule has 2 amide bonds. The number of carbonyl (C=O) groups is 2. The monoisotopic (exact) mass is 373 g/mol. The Morgan fingerprint density at radius 3 is 2.44 bits per heavy atom. The molecule has 2 aromatic rings. The third-order valence-corrected chi connectivity index (χ3v) is 5.27. The fraction of sp³-hybridized carbons (Fsp3) is 0.579. The minimum absolute atomic E-state index is 0.186. The lowest BCUT2D eigenvalue weighted by Gasteiger charge is -2.38. The van der Waals surface area contributed by atoms with Gasteiger partial charge in [0.1, 0.15) is 17.0 Å². The van der Waals surface area contributed by atoms with E-state index in [0.717, 1.165) is 37.8 Å². The molecule has 0 atom stereocenters. The number of nitrogens with zero attached hydrogens (tertiary/aromatic N) is 3. The van der Waals surface area contributed by atoms with E-state index in [2.05, 4.69) is 20.9 Å². The third kappa shape index (κ3) is 4.04. The molecule has 1 saturated carbocycles. The van der Waals surface area contributed by atoms with Gasteiger partial charge in [-0.15, -0.1) is 0 Å². The molecular formula is C19H27N5O3. The molecule has 8 nitrogen and oxygen atoms in total. The number of nitrogens with one attached hydrogen (secondary N) is 2. The van der Waals surface area contributed by atoms with E-state index < -0.39 is 5.54 Å². The van der Waals surface area contributed by atoms with Crippen LogP contribution in [0.4, 0.5) is 0 Å². The maximum atomic E-state index is 12.9. The van der Waals surface area contributed by atoms with Gasteiger partial charge in [-0.1, -0.05) is 24.4 Å². The molecule has 0 spiro atoms. The first-order valence-electron chi connectivity index (χ1n) is 9.35. The summed E-state index contributed by atoms with van der Waals surface area (Å²) in [5, 5.41) is 14.2. The molecule has 0 aliphatic heterocycles. The third-order valence-electron chi connectivity index (χ3n) is 5.27. The van der Waals surface area contributed by atoms with Gasteiger partial charge >= 0.3 is 0 Å². The zero-order valence-corrected chi connectivity index (χ0v) is 16.4. The lowest BCUT2D eigenvalue weighted by atomic mass is 9.81. The van der Waals surface area contributed by atoms with Crippen LogP contribution in [-0.2, 0) is 7.05 Å². The van der Waals surface area contributed by atoms with E-state index in [0.29, 0.717) is 29.3 Å². The quantitative estimate of drug-likeness (QED) is 0.836. The van der Waals surface area contributed by atoms with E-state index in [1.165, 1.54) is 0 Å². The second kappa shape index (κ2) is 7.54. The molecule has 0 bridgehead atoms. The number of rotatable bonds is 5. The fourth-order valence-electron chi connectivity index (χ4n) is 3.85. The molecule has 2 N–H and O–H groups in total. The van der Waals surface area contributed by atoms with Gasteiger partial charge in [-0.25, -0.2) is 0 Å². The first-order chi connectivity index (χ1) is 12.8. The average molecular weight is 373 g/mol. The topological polar surface area (TPSA) is 102 Å². The Balaban J connectivity index is 1.74. The Morgan fingerprint density at radius 1 is 1.19 bits per heavy atom. The van der Waals surface area contributed by atoms with Gasteiger partial charge in [0.2, 0.25) is 0 Å². The van der Waals surface area contributed by atoms with Crippen molar-refractivity contribution in [3.05, 3.63) is 34.5 Å². The van der Waals surface area contributed by atoms with Crippen molar-refractivity contribution in [1.29, 1.82) is 0 Å². The minimum Gasteiger partial charge on any atom is -0.361 e. The molecule has 3 rings (SSSR count). The predicted octanol–water partition coefficient (Wildman–Crippen LogP) is 2.20. The summed E-state index contributed by atoms with van der Waals surface area (Å²) in [6, 6.07) is 1.76. The summed E-state index contributed by atoms with van der Waals surface area (Å²) in [4.78, 5) is 25.4. The molecule has 27 heavy (non-hydrogen) atoms. The van der Waals surface area contributed by atoms with Crippen LogP contribution in [0, 0.1) is 20.8 Å². The van der Waals surface area contributed by atoms with E-state index in [-0.39, 0.29) is 11.8 Å². The highest BCUT2D eigenvalue weighted by Gasteiger charge is 2.35. The van der Waals surface area contributed by atoms with Crippen molar-refractivity contribution in [3.8, 4) is 0 Å². The van der Waals surface area contributed by atoms with Crippen molar-refractivity contribution in [2.24, 2.45) is 7.05 Å². The second-order valence-corrected chi connectivity index (χ2v) is 7.47. The summed E-state index contributed by atoms with van der Waals surface area (Å²) in [6.07, 6.45) is 4.82. The SMILES string of the molecule is Cc1cc(C(=O)NCC2(NC(=O)c3c(C)noc3C)CCCCC2)n(C)n1. The Bertz CT molecular complexity index is 826. The van der Waals surface area contributed by atoms with E-state index in [1.54, 1.807) is 31.6 Å². The smallest absolute Gasteiger partial charge is 0.269 e. The molecule has 2 aromatic heterocycles. The van der Waals surface area contributed by atoms with Crippen LogP contribution < -0.4 is 10.6 Å². The Hall–Kier alpha value is -2.64. The van der Waals surface area contributed by atoms with Crippen molar-refractivity contribution in [1.82, 2.24) is 25.6 Å². The predicted molar refractivity (Wildman–Crippen MR) is 99.5 cm³/mol. The molecule has 0 saturated heterocycles. The molecule has 1 aliphatic carbocycles. The number of aryl methyl sites for hydroxylation is 4. The summed E-state index contributed by atoms with van der Waals surface area (Å²) < 4.78 is 6.69. The standard InChI is InChI=1S/C19H27N5O3/c1-12-10-15(24(4)22-12)17(25)20-11-19(8-6-5-7-9-19)21-18(26)16-13(2)23-27-14(16)3/h10H,5-9,11H2,1-4H3,(H,20,25)(H,21,26). The van der Waals surface area contributed by atoms with Gasteiger partial charge in [0.05, 0.1) is 16.9 Å². The molecule has 0 unspecified atom stereocenters. The lowest BCUT2D eigenvalue weighted by molar-refractivity contribution is 0.0828. The summed E-state index contributed by atoms with van der Waals surface area (Å²) in [5.41, 5.74) is 1.89. The Kier molecular flexibility index (Phi) is 5.34. The van der Waals surface area contributed by atoms with E-state index in [4.69, 9.17) is 4.52 Å². The summed E-state index contributed by atoms with van der Waals surface area (Å²) in [7, 11) is 1.75. The van der Waals surface area contributed by atoms with Gasteiger partial charge in [0, 0.05) is 13.6 Å². The van der Waals surface area contributed by atoms with Gasteiger partial charge in [-0.2, -0.15) is 5.10 Å². The van der Waals surface area contributed by atoms with Crippen molar-refractivity contribution in [2.45, 2.75) is 58.4 Å². The van der Waals surface area contributed by atoms with Crippen LogP contribution >= 0.6 is 0 Å². The molecule has 1 fully saturated rings. The van der Waals surface area contributed by atoms with E-state index in [1.807, 2.05) is 6.92 Å². The highest BCUT2D eigenvalue weighted by atomic mass is 16.5. The molecule has 8 heteroatoms.